The van der Waals surface area contributed by atoms with E-state index in [1.54, 1.807) is 6.20 Å². The van der Waals surface area contributed by atoms with Crippen molar-refractivity contribution >= 4 is 11.5 Å². The van der Waals surface area contributed by atoms with Crippen molar-refractivity contribution in [3.05, 3.63) is 17.8 Å². The van der Waals surface area contributed by atoms with Crippen LogP contribution in [-0.4, -0.2) is 36.6 Å². The Morgan fingerprint density at radius 1 is 1.53 bits per heavy atom. The standard InChI is InChI=1S/C11H20N4/c1-8-5-11(14-7-10(8)12)13-6-9(2)15(3)4/h5,7,9H,6,12H2,1-4H3,(H,13,14). The van der Waals surface area contributed by atoms with E-state index >= 15 is 0 Å². The van der Waals surface area contributed by atoms with Crippen molar-refractivity contribution in [3.8, 4) is 0 Å². The van der Waals surface area contributed by atoms with Crippen molar-refractivity contribution in [3.63, 3.8) is 0 Å². The molecule has 0 bridgehead atoms. The van der Waals surface area contributed by atoms with E-state index in [-0.39, 0.29) is 0 Å². The molecule has 1 heterocycles. The maximum atomic E-state index is 5.69. The van der Waals surface area contributed by atoms with E-state index in [4.69, 9.17) is 5.73 Å². The molecule has 0 aliphatic heterocycles. The normalized spacial score (nSPS) is 12.9. The highest BCUT2D eigenvalue weighted by Gasteiger charge is 2.04. The van der Waals surface area contributed by atoms with Crippen molar-refractivity contribution < 1.29 is 0 Å². The lowest BCUT2D eigenvalue weighted by Crippen LogP contribution is -2.31. The van der Waals surface area contributed by atoms with Crippen LogP contribution in [0, 0.1) is 6.92 Å². The number of aryl methyl sites for hydroxylation is 1. The van der Waals surface area contributed by atoms with E-state index in [0.717, 1.165) is 23.6 Å². The van der Waals surface area contributed by atoms with Gasteiger partial charge in [0.25, 0.3) is 0 Å². The summed E-state index contributed by atoms with van der Waals surface area (Å²) in [6, 6.07) is 2.45. The molecule has 84 valence electrons. The number of pyridine rings is 1. The monoisotopic (exact) mass is 208 g/mol. The lowest BCUT2D eigenvalue weighted by Gasteiger charge is -2.20. The van der Waals surface area contributed by atoms with Gasteiger partial charge in [-0.1, -0.05) is 0 Å². The van der Waals surface area contributed by atoms with Gasteiger partial charge in [-0.3, -0.25) is 0 Å². The lowest BCUT2D eigenvalue weighted by molar-refractivity contribution is 0.326. The Balaban J connectivity index is 2.55. The number of nitrogens with two attached hydrogens (primary N) is 1. The number of anilines is 2. The van der Waals surface area contributed by atoms with Gasteiger partial charge in [-0.05, 0) is 39.6 Å². The highest BCUT2D eigenvalue weighted by molar-refractivity contribution is 5.50. The molecule has 0 saturated carbocycles. The van der Waals surface area contributed by atoms with Gasteiger partial charge in [0.2, 0.25) is 0 Å². The van der Waals surface area contributed by atoms with Crippen LogP contribution in [0.15, 0.2) is 12.3 Å². The molecular formula is C11H20N4. The van der Waals surface area contributed by atoms with Gasteiger partial charge >= 0.3 is 0 Å². The van der Waals surface area contributed by atoms with Crippen LogP contribution < -0.4 is 11.1 Å². The largest absolute Gasteiger partial charge is 0.397 e. The van der Waals surface area contributed by atoms with Crippen molar-refractivity contribution in [2.75, 3.05) is 31.7 Å². The molecule has 0 aliphatic carbocycles. The highest BCUT2D eigenvalue weighted by Crippen LogP contribution is 2.12. The van der Waals surface area contributed by atoms with Gasteiger partial charge in [-0.25, -0.2) is 4.98 Å². The SMILES string of the molecule is Cc1cc(NCC(C)N(C)C)ncc1N. The summed E-state index contributed by atoms with van der Waals surface area (Å²) in [4.78, 5) is 6.38. The van der Waals surface area contributed by atoms with E-state index in [1.165, 1.54) is 0 Å². The predicted molar refractivity (Wildman–Crippen MR) is 65.0 cm³/mol. The maximum Gasteiger partial charge on any atom is 0.126 e. The van der Waals surface area contributed by atoms with E-state index in [9.17, 15) is 0 Å². The van der Waals surface area contributed by atoms with Gasteiger partial charge in [0, 0.05) is 12.6 Å². The van der Waals surface area contributed by atoms with Gasteiger partial charge in [0.15, 0.2) is 0 Å². The number of hydrogen-bond donors (Lipinski definition) is 2. The summed E-state index contributed by atoms with van der Waals surface area (Å²) >= 11 is 0. The minimum Gasteiger partial charge on any atom is -0.397 e. The Morgan fingerprint density at radius 2 is 2.20 bits per heavy atom. The fraction of sp³-hybridized carbons (Fsp3) is 0.545. The summed E-state index contributed by atoms with van der Waals surface area (Å²) in [5.74, 6) is 0.885. The van der Waals surface area contributed by atoms with Gasteiger partial charge in [0.1, 0.15) is 5.82 Å². The lowest BCUT2D eigenvalue weighted by atomic mass is 10.2. The number of likely N-dealkylation sites (N-methyl/N-ethyl adjacent to an activating group) is 1. The number of aromatic nitrogens is 1. The molecule has 1 rings (SSSR count). The molecule has 0 aliphatic rings. The van der Waals surface area contributed by atoms with Crippen LogP contribution in [0.4, 0.5) is 11.5 Å². The second-order valence-electron chi connectivity index (χ2n) is 4.12. The van der Waals surface area contributed by atoms with Crippen molar-refractivity contribution in [1.29, 1.82) is 0 Å². The van der Waals surface area contributed by atoms with Gasteiger partial charge < -0.3 is 16.0 Å². The molecule has 1 aromatic rings. The maximum absolute atomic E-state index is 5.69. The third kappa shape index (κ3) is 3.40. The summed E-state index contributed by atoms with van der Waals surface area (Å²) in [6.07, 6.45) is 1.69. The number of nitrogen functional groups attached to an aromatic ring is 1. The molecule has 15 heavy (non-hydrogen) atoms. The summed E-state index contributed by atoms with van der Waals surface area (Å²) in [5, 5.41) is 3.29. The minimum atomic E-state index is 0.477. The molecular weight excluding hydrogens is 188 g/mol. The van der Waals surface area contributed by atoms with Crippen LogP contribution in [0.3, 0.4) is 0 Å². The molecule has 0 aromatic carbocycles. The fourth-order valence-corrected chi connectivity index (χ4v) is 1.10. The van der Waals surface area contributed by atoms with Gasteiger partial charge in [0.05, 0.1) is 11.9 Å². The van der Waals surface area contributed by atoms with Crippen LogP contribution in [0.2, 0.25) is 0 Å². The van der Waals surface area contributed by atoms with E-state index < -0.39 is 0 Å². The highest BCUT2D eigenvalue weighted by atomic mass is 15.1. The smallest absolute Gasteiger partial charge is 0.126 e. The Morgan fingerprint density at radius 3 is 2.73 bits per heavy atom. The average molecular weight is 208 g/mol. The molecule has 4 nitrogen and oxygen atoms in total. The van der Waals surface area contributed by atoms with E-state index in [0.29, 0.717) is 6.04 Å². The minimum absolute atomic E-state index is 0.477. The summed E-state index contributed by atoms with van der Waals surface area (Å²) in [5.41, 5.74) is 7.49. The zero-order valence-corrected chi connectivity index (χ0v) is 9.91. The Hall–Kier alpha value is -1.29. The summed E-state index contributed by atoms with van der Waals surface area (Å²) < 4.78 is 0. The van der Waals surface area contributed by atoms with E-state index in [1.807, 2.05) is 13.0 Å². The zero-order chi connectivity index (χ0) is 11.4. The van der Waals surface area contributed by atoms with Crippen LogP contribution in [0.1, 0.15) is 12.5 Å². The summed E-state index contributed by atoms with van der Waals surface area (Å²) in [6.45, 7) is 5.03. The van der Waals surface area contributed by atoms with Crippen molar-refractivity contribution in [2.24, 2.45) is 0 Å². The predicted octanol–water partition coefficient (Wildman–Crippen LogP) is 1.33. The molecule has 1 aromatic heterocycles. The van der Waals surface area contributed by atoms with Crippen LogP contribution >= 0.6 is 0 Å². The molecule has 3 N–H and O–H groups in total. The molecule has 0 amide bonds. The Kier molecular flexibility index (Phi) is 3.91. The molecule has 1 atom stereocenters. The first-order chi connectivity index (χ1) is 7.00. The Labute approximate surface area is 91.5 Å². The van der Waals surface area contributed by atoms with Crippen LogP contribution in [-0.2, 0) is 0 Å². The molecule has 0 saturated heterocycles. The van der Waals surface area contributed by atoms with Gasteiger partial charge in [-0.15, -0.1) is 0 Å². The average Bonchev–Trinajstić information content (AvgIpc) is 2.19. The molecule has 1 unspecified atom stereocenters. The molecule has 0 radical (unpaired) electrons. The fourth-order valence-electron chi connectivity index (χ4n) is 1.10. The van der Waals surface area contributed by atoms with Crippen molar-refractivity contribution in [2.45, 2.75) is 19.9 Å². The quantitative estimate of drug-likeness (QED) is 0.784. The summed E-state index contributed by atoms with van der Waals surface area (Å²) in [7, 11) is 4.13. The molecule has 4 heteroatoms. The first-order valence-corrected chi connectivity index (χ1v) is 5.13. The van der Waals surface area contributed by atoms with Crippen LogP contribution in [0.5, 0.6) is 0 Å². The zero-order valence-electron chi connectivity index (χ0n) is 9.91. The Bertz CT molecular complexity index is 322. The number of rotatable bonds is 4. The molecule has 0 fully saturated rings. The molecule has 0 spiro atoms. The van der Waals surface area contributed by atoms with Crippen molar-refractivity contribution in [1.82, 2.24) is 9.88 Å². The third-order valence-corrected chi connectivity index (χ3v) is 2.61. The van der Waals surface area contributed by atoms with E-state index in [2.05, 4.69) is 36.2 Å². The topological polar surface area (TPSA) is 54.2 Å². The number of nitrogens with zero attached hydrogens (tertiary/aromatic N) is 2. The van der Waals surface area contributed by atoms with Crippen LogP contribution in [0.25, 0.3) is 0 Å². The number of nitrogens with one attached hydrogen (secondary N) is 1. The first kappa shape index (κ1) is 11.8. The second kappa shape index (κ2) is 4.98. The third-order valence-electron chi connectivity index (χ3n) is 2.61. The first-order valence-electron chi connectivity index (χ1n) is 5.13. The van der Waals surface area contributed by atoms with Gasteiger partial charge in [-0.2, -0.15) is 0 Å². The number of hydrogen-bond acceptors (Lipinski definition) is 4. The second-order valence-corrected chi connectivity index (χ2v) is 4.12.